The van der Waals surface area contributed by atoms with Gasteiger partial charge in [0.2, 0.25) is 21.8 Å². The molecule has 4 aromatic rings. The lowest BCUT2D eigenvalue weighted by atomic mass is 10.0. The van der Waals surface area contributed by atoms with E-state index in [2.05, 4.69) is 10.0 Å². The molecule has 8 nitrogen and oxygen atoms in total. The summed E-state index contributed by atoms with van der Waals surface area (Å²) >= 11 is 6.34. The molecule has 0 aliphatic carbocycles. The van der Waals surface area contributed by atoms with Crippen molar-refractivity contribution in [1.29, 1.82) is 0 Å². The van der Waals surface area contributed by atoms with Crippen molar-refractivity contribution >= 4 is 33.4 Å². The van der Waals surface area contributed by atoms with Gasteiger partial charge in [-0.05, 0) is 59.0 Å². The third-order valence-electron chi connectivity index (χ3n) is 7.11. The molecule has 0 saturated carbocycles. The first-order chi connectivity index (χ1) is 21.2. The van der Waals surface area contributed by atoms with Gasteiger partial charge in [0.15, 0.2) is 0 Å². The van der Waals surface area contributed by atoms with Gasteiger partial charge in [0.1, 0.15) is 11.8 Å². The molecule has 2 N–H and O–H groups in total. The van der Waals surface area contributed by atoms with Crippen LogP contribution in [0.2, 0.25) is 5.02 Å². The van der Waals surface area contributed by atoms with Crippen molar-refractivity contribution in [1.82, 2.24) is 14.9 Å². The highest BCUT2D eigenvalue weighted by Gasteiger charge is 2.31. The Hall–Kier alpha value is -4.18. The number of aryl methyl sites for hydroxylation is 1. The molecule has 0 fully saturated rings. The largest absolute Gasteiger partial charge is 0.497 e. The molecule has 1 atom stereocenters. The van der Waals surface area contributed by atoms with Gasteiger partial charge in [0.25, 0.3) is 0 Å². The number of carbonyl (C=O) groups excluding carboxylic acids is 2. The second kappa shape index (κ2) is 15.5. The number of nitrogens with one attached hydrogen (secondary N) is 2. The monoisotopic (exact) mass is 633 g/mol. The number of benzene rings is 4. The molecule has 0 aliphatic heterocycles. The second-order valence-corrected chi connectivity index (χ2v) is 12.3. The lowest BCUT2D eigenvalue weighted by molar-refractivity contribution is -0.141. The van der Waals surface area contributed by atoms with E-state index >= 15 is 0 Å². The van der Waals surface area contributed by atoms with E-state index in [1.54, 1.807) is 37.1 Å². The molecular weight excluding hydrogens is 598 g/mol. The van der Waals surface area contributed by atoms with Crippen LogP contribution in [0, 0.1) is 0 Å². The lowest BCUT2D eigenvalue weighted by Crippen LogP contribution is -2.43. The predicted molar refractivity (Wildman–Crippen MR) is 172 cm³/mol. The number of halogens is 1. The number of hydrogen-bond donors (Lipinski definition) is 2. The summed E-state index contributed by atoms with van der Waals surface area (Å²) < 4.78 is 32.4. The summed E-state index contributed by atoms with van der Waals surface area (Å²) in [5, 5.41) is 3.52. The maximum atomic E-state index is 14.0. The van der Waals surface area contributed by atoms with Gasteiger partial charge in [-0.3, -0.25) is 9.59 Å². The Morgan fingerprint density at radius 2 is 1.50 bits per heavy atom. The van der Waals surface area contributed by atoms with Crippen LogP contribution in [0.25, 0.3) is 0 Å². The molecule has 44 heavy (non-hydrogen) atoms. The quantitative estimate of drug-likeness (QED) is 0.186. The summed E-state index contributed by atoms with van der Waals surface area (Å²) in [7, 11) is -1.99. The minimum absolute atomic E-state index is 0.108. The van der Waals surface area contributed by atoms with Gasteiger partial charge in [-0.25, -0.2) is 13.1 Å². The summed E-state index contributed by atoms with van der Waals surface area (Å²) in [4.78, 5) is 29.6. The fourth-order valence-electron chi connectivity index (χ4n) is 4.78. The molecule has 4 aromatic carbocycles. The number of sulfonamides is 1. The number of carbonyl (C=O) groups is 2. The van der Waals surface area contributed by atoms with Crippen molar-refractivity contribution in [3.8, 4) is 5.75 Å². The smallest absolute Gasteiger partial charge is 0.247 e. The second-order valence-electron chi connectivity index (χ2n) is 10.1. The molecule has 4 rings (SSSR count). The third-order valence-corrected chi connectivity index (χ3v) is 9.04. The van der Waals surface area contributed by atoms with Crippen LogP contribution in [0.15, 0.2) is 108 Å². The highest BCUT2D eigenvalue weighted by Crippen LogP contribution is 2.26. The van der Waals surface area contributed by atoms with Crippen molar-refractivity contribution in [2.24, 2.45) is 0 Å². The lowest BCUT2D eigenvalue weighted by Gasteiger charge is -2.32. The molecule has 10 heteroatoms. The highest BCUT2D eigenvalue weighted by molar-refractivity contribution is 7.89. The van der Waals surface area contributed by atoms with Crippen molar-refractivity contribution in [3.63, 3.8) is 0 Å². The van der Waals surface area contributed by atoms with E-state index in [-0.39, 0.29) is 42.8 Å². The number of amides is 2. The zero-order valence-electron chi connectivity index (χ0n) is 24.7. The third kappa shape index (κ3) is 8.69. The molecule has 0 unspecified atom stereocenters. The molecule has 0 bridgehead atoms. The van der Waals surface area contributed by atoms with Crippen LogP contribution in [0.3, 0.4) is 0 Å². The number of rotatable bonds is 14. The standard InChI is InChI=1S/C34H36ClN3O5S/c1-3-37-44(41,42)30-20-15-25(16-21-30)17-22-32(39)38(24-26-13-18-29(43-2)19-14-26)33(27-9-5-4-6-10-27)34(40)36-23-28-11-7-8-12-31(28)35/h4-16,18-21,33,37H,3,17,22-24H2,1-2H3,(H,36,40)/t33-/m1/s1. The van der Waals surface area contributed by atoms with E-state index < -0.39 is 16.1 Å². The Labute approximate surface area is 264 Å². The Balaban J connectivity index is 1.61. The molecule has 0 aromatic heterocycles. The molecule has 0 radical (unpaired) electrons. The van der Waals surface area contributed by atoms with Crippen LogP contribution < -0.4 is 14.8 Å². The number of hydrogen-bond acceptors (Lipinski definition) is 5. The Kier molecular flexibility index (Phi) is 11.5. The summed E-state index contributed by atoms with van der Waals surface area (Å²) in [6.45, 7) is 2.39. The molecule has 0 heterocycles. The Bertz CT molecular complexity index is 1650. The van der Waals surface area contributed by atoms with Gasteiger partial charge in [0.05, 0.1) is 12.0 Å². The van der Waals surface area contributed by atoms with Crippen molar-refractivity contribution in [3.05, 3.63) is 130 Å². The number of methoxy groups -OCH3 is 1. The van der Waals surface area contributed by atoms with Crippen LogP contribution in [0.5, 0.6) is 5.75 Å². The van der Waals surface area contributed by atoms with E-state index in [0.717, 1.165) is 16.7 Å². The van der Waals surface area contributed by atoms with Crippen LogP contribution in [-0.4, -0.2) is 38.8 Å². The Morgan fingerprint density at radius 3 is 2.14 bits per heavy atom. The maximum Gasteiger partial charge on any atom is 0.247 e. The molecule has 0 saturated heterocycles. The first-order valence-electron chi connectivity index (χ1n) is 14.3. The fourth-order valence-corrected chi connectivity index (χ4v) is 6.03. The summed E-state index contributed by atoms with van der Waals surface area (Å²) in [5.41, 5.74) is 3.07. The number of nitrogens with zero attached hydrogens (tertiary/aromatic N) is 1. The molecule has 0 aliphatic rings. The van der Waals surface area contributed by atoms with E-state index in [1.807, 2.05) is 72.8 Å². The van der Waals surface area contributed by atoms with Gasteiger partial charge in [-0.1, -0.05) is 91.3 Å². The maximum absolute atomic E-state index is 14.0. The zero-order valence-corrected chi connectivity index (χ0v) is 26.3. The molecule has 2 amide bonds. The van der Waals surface area contributed by atoms with Crippen molar-refractivity contribution in [2.45, 2.75) is 43.8 Å². The van der Waals surface area contributed by atoms with Crippen molar-refractivity contribution in [2.75, 3.05) is 13.7 Å². The molecular formula is C34H36ClN3O5S. The minimum Gasteiger partial charge on any atom is -0.497 e. The van der Waals surface area contributed by atoms with E-state index in [9.17, 15) is 18.0 Å². The highest BCUT2D eigenvalue weighted by atomic mass is 35.5. The van der Waals surface area contributed by atoms with Crippen molar-refractivity contribution < 1.29 is 22.7 Å². The number of ether oxygens (including phenoxy) is 1. The summed E-state index contributed by atoms with van der Waals surface area (Å²) in [6, 6.07) is 29.4. The SMILES string of the molecule is CCNS(=O)(=O)c1ccc(CCC(=O)N(Cc2ccc(OC)cc2)[C@@H](C(=O)NCc2ccccc2Cl)c2ccccc2)cc1. The summed E-state index contributed by atoms with van der Waals surface area (Å²) in [6.07, 6.45) is 0.471. The molecule has 230 valence electrons. The fraction of sp³-hybridized carbons (Fsp3) is 0.235. The topological polar surface area (TPSA) is 105 Å². The minimum atomic E-state index is -3.58. The average molecular weight is 634 g/mol. The molecule has 0 spiro atoms. The first-order valence-corrected chi connectivity index (χ1v) is 16.1. The van der Waals surface area contributed by atoms with Gasteiger partial charge in [-0.15, -0.1) is 0 Å². The normalized spacial score (nSPS) is 11.9. The Morgan fingerprint density at radius 1 is 0.864 bits per heavy atom. The van der Waals surface area contributed by atoms with Gasteiger partial charge < -0.3 is 15.0 Å². The average Bonchev–Trinajstić information content (AvgIpc) is 3.04. The first kappa shape index (κ1) is 32.7. The van der Waals surface area contributed by atoms with Crippen LogP contribution >= 0.6 is 11.6 Å². The predicted octanol–water partition coefficient (Wildman–Crippen LogP) is 5.67. The van der Waals surface area contributed by atoms with Gasteiger partial charge >= 0.3 is 0 Å². The van der Waals surface area contributed by atoms with E-state index in [0.29, 0.717) is 22.8 Å². The van der Waals surface area contributed by atoms with Crippen LogP contribution in [0.1, 0.15) is 41.6 Å². The zero-order chi connectivity index (χ0) is 31.5. The van der Waals surface area contributed by atoms with Crippen LogP contribution in [0.4, 0.5) is 0 Å². The van der Waals surface area contributed by atoms with Gasteiger partial charge in [-0.2, -0.15) is 0 Å². The van der Waals surface area contributed by atoms with Gasteiger partial charge in [0, 0.05) is 31.1 Å². The summed E-state index contributed by atoms with van der Waals surface area (Å²) in [5.74, 6) is 0.117. The van der Waals surface area contributed by atoms with Crippen LogP contribution in [-0.2, 0) is 39.1 Å². The van der Waals surface area contributed by atoms with E-state index in [4.69, 9.17) is 16.3 Å². The van der Waals surface area contributed by atoms with E-state index in [1.165, 1.54) is 12.1 Å².